The lowest BCUT2D eigenvalue weighted by molar-refractivity contribution is -0.133. The van der Waals surface area contributed by atoms with Gasteiger partial charge in [0, 0.05) is 36.5 Å². The molecular formula is C25H28N4O2. The standard InChI is InChI=1S/C25H28N4O2/c1-18-13-19(2)29(27-18)17-20-7-5-9-22(14-20)25(31)26-23-10-6-8-21(15-23)16-28-12-4-3-11-24(28)30/h5-10,13-15H,3-4,11-12,16-17H2,1-2H3,(H,26,31). The Hall–Kier alpha value is -3.41. The Bertz CT molecular complexity index is 1100. The van der Waals surface area contributed by atoms with Crippen molar-refractivity contribution in [2.45, 2.75) is 46.2 Å². The van der Waals surface area contributed by atoms with Gasteiger partial charge in [0.2, 0.25) is 5.91 Å². The number of hydrogen-bond acceptors (Lipinski definition) is 3. The van der Waals surface area contributed by atoms with Gasteiger partial charge in [0.25, 0.3) is 5.91 Å². The van der Waals surface area contributed by atoms with Crippen LogP contribution >= 0.6 is 0 Å². The second-order valence-corrected chi connectivity index (χ2v) is 8.21. The van der Waals surface area contributed by atoms with Gasteiger partial charge in [0.05, 0.1) is 12.2 Å². The van der Waals surface area contributed by atoms with Crippen molar-refractivity contribution in [1.29, 1.82) is 0 Å². The molecular weight excluding hydrogens is 388 g/mol. The zero-order chi connectivity index (χ0) is 21.8. The first-order chi connectivity index (χ1) is 15.0. The molecule has 2 heterocycles. The van der Waals surface area contributed by atoms with Crippen LogP contribution in [0, 0.1) is 13.8 Å². The fraction of sp³-hybridized carbons (Fsp3) is 0.320. The summed E-state index contributed by atoms with van der Waals surface area (Å²) in [7, 11) is 0. The number of rotatable bonds is 6. The summed E-state index contributed by atoms with van der Waals surface area (Å²) in [4.78, 5) is 26.8. The zero-order valence-electron chi connectivity index (χ0n) is 18.1. The minimum absolute atomic E-state index is 0.151. The third-order valence-electron chi connectivity index (χ3n) is 5.60. The minimum Gasteiger partial charge on any atom is -0.338 e. The van der Waals surface area contributed by atoms with Crippen molar-refractivity contribution in [1.82, 2.24) is 14.7 Å². The van der Waals surface area contributed by atoms with E-state index >= 15 is 0 Å². The molecule has 0 radical (unpaired) electrons. The predicted molar refractivity (Wildman–Crippen MR) is 121 cm³/mol. The molecule has 6 heteroatoms. The maximum absolute atomic E-state index is 12.8. The molecule has 0 atom stereocenters. The Kier molecular flexibility index (Phi) is 6.16. The summed E-state index contributed by atoms with van der Waals surface area (Å²) in [6.45, 7) is 6.02. The van der Waals surface area contributed by atoms with Crippen molar-refractivity contribution in [3.63, 3.8) is 0 Å². The van der Waals surface area contributed by atoms with Crippen molar-refractivity contribution in [3.8, 4) is 0 Å². The molecule has 2 amide bonds. The topological polar surface area (TPSA) is 67.2 Å². The lowest BCUT2D eigenvalue weighted by Gasteiger charge is -2.26. The van der Waals surface area contributed by atoms with Crippen molar-refractivity contribution < 1.29 is 9.59 Å². The van der Waals surface area contributed by atoms with Crippen LogP contribution in [0.4, 0.5) is 5.69 Å². The van der Waals surface area contributed by atoms with Crippen molar-refractivity contribution in [2.24, 2.45) is 0 Å². The van der Waals surface area contributed by atoms with Crippen LogP contribution < -0.4 is 5.32 Å². The summed E-state index contributed by atoms with van der Waals surface area (Å²) in [6.07, 6.45) is 2.66. The number of hydrogen-bond donors (Lipinski definition) is 1. The Morgan fingerprint density at radius 2 is 1.77 bits per heavy atom. The summed E-state index contributed by atoms with van der Waals surface area (Å²) >= 11 is 0. The zero-order valence-corrected chi connectivity index (χ0v) is 18.1. The highest BCUT2D eigenvalue weighted by Gasteiger charge is 2.18. The molecule has 2 aromatic carbocycles. The molecule has 1 aromatic heterocycles. The van der Waals surface area contributed by atoms with E-state index in [9.17, 15) is 9.59 Å². The molecule has 4 rings (SSSR count). The van der Waals surface area contributed by atoms with E-state index in [1.807, 2.05) is 78.0 Å². The summed E-state index contributed by atoms with van der Waals surface area (Å²) < 4.78 is 1.94. The first-order valence-electron chi connectivity index (χ1n) is 10.8. The van der Waals surface area contributed by atoms with E-state index in [2.05, 4.69) is 10.4 Å². The second-order valence-electron chi connectivity index (χ2n) is 8.21. The molecule has 1 N–H and O–H groups in total. The molecule has 0 saturated carbocycles. The maximum atomic E-state index is 12.8. The summed E-state index contributed by atoms with van der Waals surface area (Å²) in [5.41, 5.74) is 5.46. The largest absolute Gasteiger partial charge is 0.338 e. The van der Waals surface area contributed by atoms with E-state index in [1.54, 1.807) is 0 Å². The third-order valence-corrected chi connectivity index (χ3v) is 5.60. The first-order valence-corrected chi connectivity index (χ1v) is 10.8. The molecule has 1 fully saturated rings. The molecule has 0 spiro atoms. The molecule has 0 bridgehead atoms. The number of aromatic nitrogens is 2. The molecule has 0 aliphatic carbocycles. The van der Waals surface area contributed by atoms with Crippen LogP contribution in [0.1, 0.15) is 52.1 Å². The van der Waals surface area contributed by atoms with Crippen LogP contribution in [0.5, 0.6) is 0 Å². The van der Waals surface area contributed by atoms with Crippen LogP contribution in [0.3, 0.4) is 0 Å². The van der Waals surface area contributed by atoms with E-state index < -0.39 is 0 Å². The summed E-state index contributed by atoms with van der Waals surface area (Å²) in [5.74, 6) is 0.0570. The van der Waals surface area contributed by atoms with Gasteiger partial charge in [-0.05, 0) is 68.1 Å². The summed E-state index contributed by atoms with van der Waals surface area (Å²) in [5, 5.41) is 7.49. The lowest BCUT2D eigenvalue weighted by Crippen LogP contribution is -2.34. The highest BCUT2D eigenvalue weighted by molar-refractivity contribution is 6.04. The normalized spacial score (nSPS) is 14.0. The van der Waals surface area contributed by atoms with E-state index in [4.69, 9.17) is 0 Å². The fourth-order valence-electron chi connectivity index (χ4n) is 4.02. The summed E-state index contributed by atoms with van der Waals surface area (Å²) in [6, 6.07) is 17.4. The van der Waals surface area contributed by atoms with E-state index in [-0.39, 0.29) is 11.8 Å². The number of nitrogens with zero attached hydrogens (tertiary/aromatic N) is 3. The van der Waals surface area contributed by atoms with Crippen LogP contribution in [0.15, 0.2) is 54.6 Å². The van der Waals surface area contributed by atoms with E-state index in [0.717, 1.165) is 47.6 Å². The van der Waals surface area contributed by atoms with Gasteiger partial charge in [-0.15, -0.1) is 0 Å². The number of amides is 2. The number of carbonyl (C=O) groups excluding carboxylic acids is 2. The van der Waals surface area contributed by atoms with Gasteiger partial charge in [-0.1, -0.05) is 24.3 Å². The Morgan fingerprint density at radius 3 is 2.52 bits per heavy atom. The third kappa shape index (κ3) is 5.20. The van der Waals surface area contributed by atoms with Crippen molar-refractivity contribution in [3.05, 3.63) is 82.7 Å². The molecule has 6 nitrogen and oxygen atoms in total. The van der Waals surface area contributed by atoms with E-state index in [1.165, 1.54) is 0 Å². The number of benzene rings is 2. The SMILES string of the molecule is Cc1cc(C)n(Cc2cccc(C(=O)Nc3cccc(CN4CCCCC4=O)c3)c2)n1. The van der Waals surface area contributed by atoms with Gasteiger partial charge in [-0.25, -0.2) is 0 Å². The van der Waals surface area contributed by atoms with Crippen LogP contribution in [0.2, 0.25) is 0 Å². The van der Waals surface area contributed by atoms with Gasteiger partial charge >= 0.3 is 0 Å². The quantitative estimate of drug-likeness (QED) is 0.651. The number of carbonyl (C=O) groups is 2. The van der Waals surface area contributed by atoms with Crippen LogP contribution in [-0.4, -0.2) is 33.0 Å². The predicted octanol–water partition coefficient (Wildman–Crippen LogP) is 4.31. The number of likely N-dealkylation sites (tertiary alicyclic amines) is 1. The number of piperidine rings is 1. The molecule has 1 aliphatic heterocycles. The Morgan fingerprint density at radius 1 is 1.00 bits per heavy atom. The maximum Gasteiger partial charge on any atom is 0.255 e. The van der Waals surface area contributed by atoms with Gasteiger partial charge in [-0.2, -0.15) is 5.10 Å². The molecule has 1 saturated heterocycles. The van der Waals surface area contributed by atoms with Gasteiger partial charge in [0.15, 0.2) is 0 Å². The molecule has 3 aromatic rings. The highest BCUT2D eigenvalue weighted by atomic mass is 16.2. The number of anilines is 1. The Balaban J connectivity index is 1.43. The fourth-order valence-corrected chi connectivity index (χ4v) is 4.02. The minimum atomic E-state index is -0.151. The molecule has 1 aliphatic rings. The molecule has 0 unspecified atom stereocenters. The van der Waals surface area contributed by atoms with Crippen molar-refractivity contribution in [2.75, 3.05) is 11.9 Å². The second kappa shape index (κ2) is 9.16. The van der Waals surface area contributed by atoms with Crippen LogP contribution in [-0.2, 0) is 17.9 Å². The van der Waals surface area contributed by atoms with Crippen molar-refractivity contribution >= 4 is 17.5 Å². The highest BCUT2D eigenvalue weighted by Crippen LogP contribution is 2.18. The number of nitrogens with one attached hydrogen (secondary N) is 1. The number of aryl methyl sites for hydroxylation is 2. The van der Waals surface area contributed by atoms with Gasteiger partial charge in [-0.3, -0.25) is 14.3 Å². The Labute approximate surface area is 182 Å². The van der Waals surface area contributed by atoms with Gasteiger partial charge in [0.1, 0.15) is 0 Å². The average Bonchev–Trinajstić information content (AvgIpc) is 3.07. The van der Waals surface area contributed by atoms with E-state index in [0.29, 0.717) is 25.1 Å². The van der Waals surface area contributed by atoms with Gasteiger partial charge < -0.3 is 10.2 Å². The average molecular weight is 417 g/mol. The smallest absolute Gasteiger partial charge is 0.255 e. The first kappa shape index (κ1) is 20.8. The van der Waals surface area contributed by atoms with Crippen LogP contribution in [0.25, 0.3) is 0 Å². The monoisotopic (exact) mass is 416 g/mol. The molecule has 160 valence electrons. The molecule has 31 heavy (non-hydrogen) atoms. The lowest BCUT2D eigenvalue weighted by atomic mass is 10.1.